The summed E-state index contributed by atoms with van der Waals surface area (Å²) in [5.41, 5.74) is 0.201. The van der Waals surface area contributed by atoms with Gasteiger partial charge in [0, 0.05) is 0 Å². The van der Waals surface area contributed by atoms with E-state index in [2.05, 4.69) is 25.3 Å². The van der Waals surface area contributed by atoms with Crippen LogP contribution in [0, 0.1) is 0 Å². The SMILES string of the molecule is C=C(CCCN(CC)CC)C(=O)[O-]. The summed E-state index contributed by atoms with van der Waals surface area (Å²) < 4.78 is 0. The van der Waals surface area contributed by atoms with Gasteiger partial charge >= 0.3 is 0 Å². The first kappa shape index (κ1) is 12.2. The van der Waals surface area contributed by atoms with Gasteiger partial charge in [0.25, 0.3) is 0 Å². The highest BCUT2D eigenvalue weighted by Gasteiger charge is 1.99. The van der Waals surface area contributed by atoms with E-state index in [4.69, 9.17) is 0 Å². The Labute approximate surface area is 80.0 Å². The van der Waals surface area contributed by atoms with Gasteiger partial charge in [-0.25, -0.2) is 0 Å². The lowest BCUT2D eigenvalue weighted by molar-refractivity contribution is -0.299. The van der Waals surface area contributed by atoms with E-state index in [0.29, 0.717) is 6.42 Å². The summed E-state index contributed by atoms with van der Waals surface area (Å²) in [5, 5.41) is 10.3. The molecule has 0 saturated heterocycles. The first-order chi connectivity index (χ1) is 6.11. The number of nitrogens with zero attached hydrogens (tertiary/aromatic N) is 1. The maximum absolute atomic E-state index is 10.3. The number of hydrogen-bond acceptors (Lipinski definition) is 3. The van der Waals surface area contributed by atoms with Crippen molar-refractivity contribution >= 4 is 5.97 Å². The van der Waals surface area contributed by atoms with Crippen molar-refractivity contribution in [2.75, 3.05) is 19.6 Å². The fraction of sp³-hybridized carbons (Fsp3) is 0.700. The van der Waals surface area contributed by atoms with Crippen LogP contribution < -0.4 is 5.11 Å². The quantitative estimate of drug-likeness (QED) is 0.538. The minimum atomic E-state index is -1.13. The van der Waals surface area contributed by atoms with E-state index >= 15 is 0 Å². The Kier molecular flexibility index (Phi) is 6.24. The topological polar surface area (TPSA) is 43.4 Å². The molecule has 0 unspecified atom stereocenters. The molecule has 76 valence electrons. The van der Waals surface area contributed by atoms with Gasteiger partial charge in [0.1, 0.15) is 0 Å². The van der Waals surface area contributed by atoms with E-state index in [9.17, 15) is 9.90 Å². The summed E-state index contributed by atoms with van der Waals surface area (Å²) in [5.74, 6) is -1.13. The van der Waals surface area contributed by atoms with E-state index in [-0.39, 0.29) is 5.57 Å². The second-order valence-electron chi connectivity index (χ2n) is 3.02. The summed E-state index contributed by atoms with van der Waals surface area (Å²) in [6, 6.07) is 0. The number of carbonyl (C=O) groups is 1. The molecule has 0 aromatic rings. The Morgan fingerprint density at radius 3 is 2.31 bits per heavy atom. The Morgan fingerprint density at radius 2 is 1.92 bits per heavy atom. The molecule has 0 aliphatic rings. The third kappa shape index (κ3) is 5.42. The van der Waals surface area contributed by atoms with Crippen LogP contribution in [0.25, 0.3) is 0 Å². The Morgan fingerprint density at radius 1 is 1.38 bits per heavy atom. The second-order valence-corrected chi connectivity index (χ2v) is 3.02. The van der Waals surface area contributed by atoms with Gasteiger partial charge in [-0.05, 0) is 38.0 Å². The lowest BCUT2D eigenvalue weighted by atomic mass is 10.1. The molecule has 3 heteroatoms. The molecule has 0 aromatic carbocycles. The number of carbonyl (C=O) groups excluding carboxylic acids is 1. The maximum atomic E-state index is 10.3. The molecule has 0 rings (SSSR count). The van der Waals surface area contributed by atoms with Gasteiger partial charge in [0.05, 0.1) is 5.97 Å². The molecule has 0 aliphatic carbocycles. The van der Waals surface area contributed by atoms with E-state index in [1.165, 1.54) is 0 Å². The molecule has 0 fully saturated rings. The number of carboxylic acid groups (broad SMARTS) is 1. The molecule has 0 heterocycles. The predicted molar refractivity (Wildman–Crippen MR) is 51.2 cm³/mol. The van der Waals surface area contributed by atoms with Crippen LogP contribution in [0.2, 0.25) is 0 Å². The van der Waals surface area contributed by atoms with Crippen LogP contribution in [-0.2, 0) is 4.79 Å². The molecule has 0 aromatic heterocycles. The molecule has 0 aliphatic heterocycles. The molecule has 0 amide bonds. The molecule has 3 nitrogen and oxygen atoms in total. The fourth-order valence-electron chi connectivity index (χ4n) is 1.16. The average Bonchev–Trinajstić information content (AvgIpc) is 2.12. The number of carboxylic acids is 1. The smallest absolute Gasteiger partial charge is 0.0668 e. The Hall–Kier alpha value is -0.830. The predicted octanol–water partition coefficient (Wildman–Crippen LogP) is 0.414. The van der Waals surface area contributed by atoms with Crippen molar-refractivity contribution in [1.29, 1.82) is 0 Å². The van der Waals surface area contributed by atoms with Crippen LogP contribution in [0.5, 0.6) is 0 Å². The summed E-state index contributed by atoms with van der Waals surface area (Å²) in [4.78, 5) is 12.5. The number of hydrogen-bond donors (Lipinski definition) is 0. The highest BCUT2D eigenvalue weighted by atomic mass is 16.4. The van der Waals surface area contributed by atoms with Gasteiger partial charge in [-0.2, -0.15) is 0 Å². The maximum Gasteiger partial charge on any atom is 0.0668 e. The van der Waals surface area contributed by atoms with Crippen molar-refractivity contribution in [3.05, 3.63) is 12.2 Å². The zero-order valence-corrected chi connectivity index (χ0v) is 8.51. The largest absolute Gasteiger partial charge is 0.545 e. The molecule has 0 radical (unpaired) electrons. The van der Waals surface area contributed by atoms with E-state index in [0.717, 1.165) is 26.1 Å². The minimum Gasteiger partial charge on any atom is -0.545 e. The monoisotopic (exact) mass is 184 g/mol. The van der Waals surface area contributed by atoms with Crippen molar-refractivity contribution in [2.24, 2.45) is 0 Å². The lowest BCUT2D eigenvalue weighted by Crippen LogP contribution is -2.26. The van der Waals surface area contributed by atoms with Crippen LogP contribution in [0.1, 0.15) is 26.7 Å². The normalized spacial score (nSPS) is 10.4. The first-order valence-electron chi connectivity index (χ1n) is 4.73. The molecular weight excluding hydrogens is 166 g/mol. The van der Waals surface area contributed by atoms with Crippen molar-refractivity contribution in [3.8, 4) is 0 Å². The number of aliphatic carboxylic acids is 1. The standard InChI is InChI=1S/C10H19NO2/c1-4-11(5-2)8-6-7-9(3)10(12)13/h3-8H2,1-2H3,(H,12,13)/p-1. The molecule has 0 N–H and O–H groups in total. The van der Waals surface area contributed by atoms with Crippen LogP contribution >= 0.6 is 0 Å². The summed E-state index contributed by atoms with van der Waals surface area (Å²) in [6.45, 7) is 10.6. The van der Waals surface area contributed by atoms with Gasteiger partial charge in [-0.1, -0.05) is 20.4 Å². The van der Waals surface area contributed by atoms with E-state index in [1.54, 1.807) is 0 Å². The van der Waals surface area contributed by atoms with Crippen molar-refractivity contribution in [1.82, 2.24) is 4.90 Å². The number of rotatable bonds is 7. The van der Waals surface area contributed by atoms with Crippen LogP contribution in [0.4, 0.5) is 0 Å². The van der Waals surface area contributed by atoms with Crippen LogP contribution in [0.3, 0.4) is 0 Å². The summed E-state index contributed by atoms with van der Waals surface area (Å²) in [7, 11) is 0. The fourth-order valence-corrected chi connectivity index (χ4v) is 1.16. The molecule has 0 bridgehead atoms. The van der Waals surface area contributed by atoms with Gasteiger partial charge in [0.2, 0.25) is 0 Å². The first-order valence-corrected chi connectivity index (χ1v) is 4.73. The van der Waals surface area contributed by atoms with Gasteiger partial charge < -0.3 is 14.8 Å². The van der Waals surface area contributed by atoms with Gasteiger partial charge in [0.15, 0.2) is 0 Å². The third-order valence-corrected chi connectivity index (χ3v) is 2.14. The average molecular weight is 184 g/mol. The highest BCUT2D eigenvalue weighted by molar-refractivity contribution is 5.83. The second kappa shape index (κ2) is 6.66. The van der Waals surface area contributed by atoms with Crippen molar-refractivity contribution in [3.63, 3.8) is 0 Å². The Bertz CT molecular complexity index is 174. The minimum absolute atomic E-state index is 0.201. The summed E-state index contributed by atoms with van der Waals surface area (Å²) in [6.07, 6.45) is 1.37. The highest BCUT2D eigenvalue weighted by Crippen LogP contribution is 2.02. The molecule has 13 heavy (non-hydrogen) atoms. The molecule has 0 atom stereocenters. The molecular formula is C10H18NO2-. The van der Waals surface area contributed by atoms with Gasteiger partial charge in [-0.3, -0.25) is 0 Å². The van der Waals surface area contributed by atoms with Crippen molar-refractivity contribution in [2.45, 2.75) is 26.7 Å². The lowest BCUT2D eigenvalue weighted by Gasteiger charge is -2.17. The van der Waals surface area contributed by atoms with Gasteiger partial charge in [-0.15, -0.1) is 0 Å². The summed E-state index contributed by atoms with van der Waals surface area (Å²) >= 11 is 0. The van der Waals surface area contributed by atoms with E-state index in [1.807, 2.05) is 0 Å². The molecule has 0 spiro atoms. The van der Waals surface area contributed by atoms with Crippen LogP contribution in [0.15, 0.2) is 12.2 Å². The van der Waals surface area contributed by atoms with Crippen molar-refractivity contribution < 1.29 is 9.90 Å². The van der Waals surface area contributed by atoms with Crippen LogP contribution in [-0.4, -0.2) is 30.5 Å². The van der Waals surface area contributed by atoms with E-state index < -0.39 is 5.97 Å². The zero-order chi connectivity index (χ0) is 10.3. The third-order valence-electron chi connectivity index (χ3n) is 2.14. The Balaban J connectivity index is 3.54. The molecule has 0 saturated carbocycles. The zero-order valence-electron chi connectivity index (χ0n) is 8.51.